The largest absolute Gasteiger partial charge is 2.00 e. The van der Waals surface area contributed by atoms with Gasteiger partial charge in [-0.1, -0.05) is 71.1 Å². The number of carbonyl (C=O) groups is 2. The van der Waals surface area contributed by atoms with E-state index in [2.05, 4.69) is 6.92 Å². The predicted molar refractivity (Wildman–Crippen MR) is 80.3 cm³/mol. The molecule has 0 unspecified atom stereocenters. The summed E-state index contributed by atoms with van der Waals surface area (Å²) in [6.07, 6.45) is 11.4. The first kappa shape index (κ1) is 23.0. The molecule has 0 aromatic carbocycles. The number of hydrogen-bond donors (Lipinski definition) is 0. The smallest absolute Gasteiger partial charge is 0.549 e. The molecular formula is C16H28MgO4. The topological polar surface area (TPSA) is 80.3 Å². The summed E-state index contributed by atoms with van der Waals surface area (Å²) in [5.74, 6) is -3.10. The molecule has 0 aliphatic rings. The fourth-order valence-corrected chi connectivity index (χ4v) is 2.25. The van der Waals surface area contributed by atoms with Crippen molar-refractivity contribution < 1.29 is 19.8 Å². The van der Waals surface area contributed by atoms with Crippen LogP contribution in [0.2, 0.25) is 0 Å². The van der Waals surface area contributed by atoms with Gasteiger partial charge in [-0.05, 0) is 13.3 Å². The van der Waals surface area contributed by atoms with Gasteiger partial charge < -0.3 is 19.8 Å². The Kier molecular flexibility index (Phi) is 14.6. The Bertz CT molecular complexity index is 278. The van der Waals surface area contributed by atoms with E-state index in [0.29, 0.717) is 6.42 Å². The molecule has 0 atom stereocenters. The number of carboxylic acid groups (broad SMARTS) is 2. The fourth-order valence-electron chi connectivity index (χ4n) is 2.25. The van der Waals surface area contributed by atoms with E-state index in [9.17, 15) is 19.8 Å². The molecule has 0 aliphatic carbocycles. The molecule has 118 valence electrons. The third-order valence-electron chi connectivity index (χ3n) is 3.93. The zero-order valence-corrected chi connectivity index (χ0v) is 15.0. The first-order chi connectivity index (χ1) is 9.45. The summed E-state index contributed by atoms with van der Waals surface area (Å²) in [6.45, 7) is 3.37. The van der Waals surface area contributed by atoms with Crippen molar-refractivity contribution in [2.24, 2.45) is 5.41 Å². The van der Waals surface area contributed by atoms with Gasteiger partial charge >= 0.3 is 23.1 Å². The number of carboxylic acids is 2. The molecule has 0 fully saturated rings. The summed E-state index contributed by atoms with van der Waals surface area (Å²) in [6, 6.07) is 0. The van der Waals surface area contributed by atoms with Gasteiger partial charge in [-0.2, -0.15) is 0 Å². The van der Waals surface area contributed by atoms with Crippen molar-refractivity contribution in [3.05, 3.63) is 0 Å². The second-order valence-electron chi connectivity index (χ2n) is 5.84. The van der Waals surface area contributed by atoms with Crippen LogP contribution < -0.4 is 10.2 Å². The van der Waals surface area contributed by atoms with E-state index in [0.717, 1.165) is 19.3 Å². The van der Waals surface area contributed by atoms with Gasteiger partial charge in [-0.25, -0.2) is 0 Å². The van der Waals surface area contributed by atoms with Crippen molar-refractivity contribution in [1.82, 2.24) is 0 Å². The third-order valence-corrected chi connectivity index (χ3v) is 3.93. The van der Waals surface area contributed by atoms with Gasteiger partial charge in [0, 0.05) is 5.41 Å². The molecule has 0 rings (SSSR count). The maximum absolute atomic E-state index is 10.8. The average molecular weight is 309 g/mol. The molecule has 0 heterocycles. The Morgan fingerprint density at radius 2 is 1.10 bits per heavy atom. The molecule has 0 saturated carbocycles. The number of unbranched alkanes of at least 4 members (excludes halogenated alkanes) is 9. The SMILES string of the molecule is CCCCCCCCCCCCC(C)(C(=O)[O-])C(=O)[O-].[Mg+2]. The minimum atomic E-state index is -1.85. The molecule has 0 radical (unpaired) electrons. The van der Waals surface area contributed by atoms with Gasteiger partial charge in [0.05, 0.1) is 11.9 Å². The Morgan fingerprint density at radius 1 is 0.762 bits per heavy atom. The van der Waals surface area contributed by atoms with Crippen LogP contribution in [0.15, 0.2) is 0 Å². The Hall–Kier alpha value is -0.294. The predicted octanol–water partition coefficient (Wildman–Crippen LogP) is 1.42. The van der Waals surface area contributed by atoms with Crippen LogP contribution in [0.4, 0.5) is 0 Å². The van der Waals surface area contributed by atoms with Crippen LogP contribution in [-0.4, -0.2) is 35.0 Å². The van der Waals surface area contributed by atoms with Gasteiger partial charge in [0.1, 0.15) is 0 Å². The van der Waals surface area contributed by atoms with Crippen molar-refractivity contribution in [1.29, 1.82) is 0 Å². The Morgan fingerprint density at radius 3 is 1.43 bits per heavy atom. The van der Waals surface area contributed by atoms with Crippen LogP contribution in [0.5, 0.6) is 0 Å². The Labute approximate surface area is 144 Å². The first-order valence-electron chi connectivity index (χ1n) is 7.88. The number of hydrogen-bond acceptors (Lipinski definition) is 4. The number of carbonyl (C=O) groups excluding carboxylic acids is 2. The zero-order chi connectivity index (χ0) is 15.4. The van der Waals surface area contributed by atoms with E-state index in [1.54, 1.807) is 0 Å². The van der Waals surface area contributed by atoms with Crippen LogP contribution >= 0.6 is 0 Å². The van der Waals surface area contributed by atoms with Crippen LogP contribution in [0.1, 0.15) is 84.5 Å². The summed E-state index contributed by atoms with van der Waals surface area (Å²) < 4.78 is 0. The minimum Gasteiger partial charge on any atom is -0.549 e. The summed E-state index contributed by atoms with van der Waals surface area (Å²) in [7, 11) is 0. The van der Waals surface area contributed by atoms with Gasteiger partial charge in [0.15, 0.2) is 0 Å². The second kappa shape index (κ2) is 13.4. The van der Waals surface area contributed by atoms with E-state index in [1.165, 1.54) is 45.4 Å². The van der Waals surface area contributed by atoms with Crippen LogP contribution in [0.25, 0.3) is 0 Å². The molecule has 0 spiro atoms. The van der Waals surface area contributed by atoms with E-state index in [1.807, 2.05) is 0 Å². The molecular weight excluding hydrogens is 280 g/mol. The van der Waals surface area contributed by atoms with E-state index in [-0.39, 0.29) is 29.5 Å². The molecule has 0 saturated heterocycles. The Balaban J connectivity index is 0. The monoisotopic (exact) mass is 308 g/mol. The number of rotatable bonds is 13. The van der Waals surface area contributed by atoms with E-state index in [4.69, 9.17) is 0 Å². The first-order valence-corrected chi connectivity index (χ1v) is 7.88. The van der Waals surface area contributed by atoms with Crippen molar-refractivity contribution in [3.63, 3.8) is 0 Å². The normalized spacial score (nSPS) is 11.0. The molecule has 0 amide bonds. The van der Waals surface area contributed by atoms with Crippen LogP contribution in [0, 0.1) is 5.41 Å². The quantitative estimate of drug-likeness (QED) is 0.293. The standard InChI is InChI=1S/C16H30O4.Mg/c1-3-4-5-6-7-8-9-10-11-12-13-16(2,14(17)18)15(19)20;/h3-13H2,1-2H3,(H,17,18)(H,19,20);/q;+2/p-2. The van der Waals surface area contributed by atoms with Gasteiger partial charge in [-0.3, -0.25) is 0 Å². The number of aliphatic carboxylic acids is 2. The second-order valence-corrected chi connectivity index (χ2v) is 5.84. The fraction of sp³-hybridized carbons (Fsp3) is 0.875. The third kappa shape index (κ3) is 10.1. The van der Waals surface area contributed by atoms with Crippen molar-refractivity contribution in [3.8, 4) is 0 Å². The summed E-state index contributed by atoms with van der Waals surface area (Å²) in [4.78, 5) is 21.6. The van der Waals surface area contributed by atoms with Gasteiger partial charge in [-0.15, -0.1) is 0 Å². The maximum atomic E-state index is 10.8. The molecule has 0 N–H and O–H groups in total. The van der Waals surface area contributed by atoms with Crippen molar-refractivity contribution in [2.75, 3.05) is 0 Å². The summed E-state index contributed by atoms with van der Waals surface area (Å²) in [5, 5.41) is 21.6. The maximum Gasteiger partial charge on any atom is 2.00 e. The van der Waals surface area contributed by atoms with Gasteiger partial charge in [0.25, 0.3) is 0 Å². The van der Waals surface area contributed by atoms with Crippen molar-refractivity contribution >= 4 is 35.0 Å². The van der Waals surface area contributed by atoms with Crippen molar-refractivity contribution in [2.45, 2.75) is 84.5 Å². The molecule has 4 nitrogen and oxygen atoms in total. The molecule has 0 aromatic heterocycles. The van der Waals surface area contributed by atoms with Crippen LogP contribution in [-0.2, 0) is 9.59 Å². The zero-order valence-electron chi connectivity index (χ0n) is 13.6. The summed E-state index contributed by atoms with van der Waals surface area (Å²) >= 11 is 0. The molecule has 0 aliphatic heterocycles. The molecule has 5 heteroatoms. The van der Waals surface area contributed by atoms with E-state index >= 15 is 0 Å². The molecule has 0 aromatic rings. The molecule has 21 heavy (non-hydrogen) atoms. The average Bonchev–Trinajstić information content (AvgIpc) is 2.40. The summed E-state index contributed by atoms with van der Waals surface area (Å²) in [5.41, 5.74) is -1.85. The van der Waals surface area contributed by atoms with Gasteiger partial charge in [0.2, 0.25) is 0 Å². The minimum absolute atomic E-state index is 0. The molecule has 0 bridgehead atoms. The van der Waals surface area contributed by atoms with Crippen LogP contribution in [0.3, 0.4) is 0 Å². The van der Waals surface area contributed by atoms with E-state index < -0.39 is 17.4 Å².